The van der Waals surface area contributed by atoms with E-state index in [1.165, 1.54) is 18.1 Å². The predicted molar refractivity (Wildman–Crippen MR) is 107 cm³/mol. The topological polar surface area (TPSA) is 81.8 Å². The molecule has 1 aliphatic rings. The Morgan fingerprint density at radius 2 is 1.93 bits per heavy atom. The fourth-order valence-electron chi connectivity index (χ4n) is 3.83. The number of fused-ring (bicyclic) bond motifs is 1. The molecule has 0 bridgehead atoms. The summed E-state index contributed by atoms with van der Waals surface area (Å²) < 4.78 is 32.1. The number of nitrogens with one attached hydrogen (secondary N) is 1. The van der Waals surface area contributed by atoms with Crippen LogP contribution in [0.15, 0.2) is 48.0 Å². The molecule has 0 aliphatic heterocycles. The van der Waals surface area contributed by atoms with Crippen molar-refractivity contribution in [2.75, 3.05) is 0 Å². The first-order chi connectivity index (χ1) is 13.1. The van der Waals surface area contributed by atoms with Gasteiger partial charge in [-0.3, -0.25) is 0 Å². The van der Waals surface area contributed by atoms with E-state index in [1.807, 2.05) is 23.7 Å². The standard InChI is InChI=1S/C20H25N5O2S/c1-14-5-7-15(8-6-14)25-18-10-20(2,3)9-17(16(18)11-22-25)23-28(26,27)19-12-24(4)13-21-19/h5-8,11-13,17,23H,9-10H2,1-4H3. The van der Waals surface area contributed by atoms with Crippen molar-refractivity contribution >= 4 is 10.0 Å². The Morgan fingerprint density at radius 3 is 2.57 bits per heavy atom. The summed E-state index contributed by atoms with van der Waals surface area (Å²) in [5.74, 6) is 0. The van der Waals surface area contributed by atoms with Gasteiger partial charge in [0.15, 0.2) is 5.03 Å². The van der Waals surface area contributed by atoms with Gasteiger partial charge in [-0.15, -0.1) is 0 Å². The van der Waals surface area contributed by atoms with Crippen LogP contribution in [0.5, 0.6) is 0 Å². The van der Waals surface area contributed by atoms with Gasteiger partial charge < -0.3 is 4.57 Å². The molecular weight excluding hydrogens is 374 g/mol. The third kappa shape index (κ3) is 3.49. The van der Waals surface area contributed by atoms with Gasteiger partial charge >= 0.3 is 0 Å². The van der Waals surface area contributed by atoms with Crippen molar-refractivity contribution in [3.63, 3.8) is 0 Å². The number of benzene rings is 1. The van der Waals surface area contributed by atoms with Crippen molar-refractivity contribution in [1.29, 1.82) is 0 Å². The maximum absolute atomic E-state index is 12.8. The lowest BCUT2D eigenvalue weighted by atomic mass is 9.74. The van der Waals surface area contributed by atoms with Gasteiger partial charge in [-0.25, -0.2) is 22.8 Å². The Kier molecular flexibility index (Phi) is 4.43. The molecule has 0 saturated heterocycles. The molecule has 0 amide bonds. The van der Waals surface area contributed by atoms with Gasteiger partial charge in [0.1, 0.15) is 0 Å². The summed E-state index contributed by atoms with van der Waals surface area (Å²) in [5, 5.41) is 4.62. The third-order valence-electron chi connectivity index (χ3n) is 5.21. The first-order valence-corrected chi connectivity index (χ1v) is 10.8. The number of aromatic nitrogens is 4. The van der Waals surface area contributed by atoms with Crippen LogP contribution in [0, 0.1) is 12.3 Å². The van der Waals surface area contributed by atoms with E-state index in [4.69, 9.17) is 0 Å². The molecule has 2 heterocycles. The molecule has 1 aliphatic carbocycles. The lowest BCUT2D eigenvalue weighted by Gasteiger charge is -2.35. The average Bonchev–Trinajstić information content (AvgIpc) is 3.21. The van der Waals surface area contributed by atoms with Crippen molar-refractivity contribution in [3.05, 3.63) is 59.8 Å². The van der Waals surface area contributed by atoms with Gasteiger partial charge in [0.2, 0.25) is 0 Å². The van der Waals surface area contributed by atoms with E-state index in [-0.39, 0.29) is 16.5 Å². The minimum absolute atomic E-state index is 0.0332. The molecule has 0 spiro atoms. The zero-order chi connectivity index (χ0) is 20.1. The molecule has 1 unspecified atom stereocenters. The van der Waals surface area contributed by atoms with Gasteiger partial charge in [-0.2, -0.15) is 5.10 Å². The Labute approximate surface area is 165 Å². The molecular formula is C20H25N5O2S. The van der Waals surface area contributed by atoms with E-state index in [2.05, 4.69) is 40.8 Å². The maximum atomic E-state index is 12.8. The van der Waals surface area contributed by atoms with Crippen LogP contribution in [0.25, 0.3) is 5.69 Å². The van der Waals surface area contributed by atoms with E-state index >= 15 is 0 Å². The van der Waals surface area contributed by atoms with Crippen molar-refractivity contribution in [3.8, 4) is 5.69 Å². The number of hydrogen-bond acceptors (Lipinski definition) is 4. The molecule has 8 heteroatoms. The zero-order valence-corrected chi connectivity index (χ0v) is 17.4. The zero-order valence-electron chi connectivity index (χ0n) is 16.5. The summed E-state index contributed by atoms with van der Waals surface area (Å²) in [6, 6.07) is 7.84. The number of rotatable bonds is 4. The van der Waals surface area contributed by atoms with Crippen LogP contribution < -0.4 is 4.72 Å². The highest BCUT2D eigenvalue weighted by Gasteiger charge is 2.37. The summed E-state index contributed by atoms with van der Waals surface area (Å²) in [6.45, 7) is 6.36. The van der Waals surface area contributed by atoms with Crippen LogP contribution in [0.2, 0.25) is 0 Å². The van der Waals surface area contributed by atoms with E-state index in [0.29, 0.717) is 6.42 Å². The van der Waals surface area contributed by atoms with Gasteiger partial charge in [-0.1, -0.05) is 31.5 Å². The van der Waals surface area contributed by atoms with E-state index in [0.717, 1.165) is 23.4 Å². The second-order valence-electron chi connectivity index (χ2n) is 8.39. The number of imidazole rings is 1. The molecule has 1 aromatic carbocycles. The lowest BCUT2D eigenvalue weighted by Crippen LogP contribution is -2.36. The first kappa shape index (κ1) is 18.9. The number of nitrogens with zero attached hydrogens (tertiary/aromatic N) is 4. The Hall–Kier alpha value is -2.45. The third-order valence-corrected chi connectivity index (χ3v) is 6.57. The Morgan fingerprint density at radius 1 is 1.21 bits per heavy atom. The van der Waals surface area contributed by atoms with Gasteiger partial charge in [0.25, 0.3) is 10.0 Å². The normalized spacial score (nSPS) is 18.8. The molecule has 0 saturated carbocycles. The summed E-state index contributed by atoms with van der Waals surface area (Å²) >= 11 is 0. The summed E-state index contributed by atoms with van der Waals surface area (Å²) in [7, 11) is -1.96. The Bertz CT molecular complexity index is 1110. The van der Waals surface area contributed by atoms with Crippen LogP contribution >= 0.6 is 0 Å². The fraction of sp³-hybridized carbons (Fsp3) is 0.400. The minimum atomic E-state index is -3.71. The lowest BCUT2D eigenvalue weighted by molar-refractivity contribution is 0.268. The highest BCUT2D eigenvalue weighted by atomic mass is 32.2. The van der Waals surface area contributed by atoms with Gasteiger partial charge in [0.05, 0.1) is 24.3 Å². The molecule has 7 nitrogen and oxygen atoms in total. The predicted octanol–water partition coefficient (Wildman–Crippen LogP) is 2.91. The van der Waals surface area contributed by atoms with Crippen molar-refractivity contribution < 1.29 is 8.42 Å². The quantitative estimate of drug-likeness (QED) is 0.731. The molecule has 28 heavy (non-hydrogen) atoms. The van der Waals surface area contributed by atoms with Crippen LogP contribution in [-0.4, -0.2) is 27.7 Å². The highest BCUT2D eigenvalue weighted by Crippen LogP contribution is 2.41. The first-order valence-electron chi connectivity index (χ1n) is 9.29. The average molecular weight is 400 g/mol. The van der Waals surface area contributed by atoms with Gasteiger partial charge in [0, 0.05) is 24.5 Å². The molecule has 1 N–H and O–H groups in total. The number of sulfonamides is 1. The van der Waals surface area contributed by atoms with E-state index in [9.17, 15) is 8.42 Å². The molecule has 0 radical (unpaired) electrons. The summed E-state index contributed by atoms with van der Waals surface area (Å²) in [5.41, 5.74) is 4.09. The molecule has 2 aromatic heterocycles. The summed E-state index contributed by atoms with van der Waals surface area (Å²) in [4.78, 5) is 4.00. The van der Waals surface area contributed by atoms with Crippen LogP contribution in [-0.2, 0) is 23.5 Å². The molecule has 4 rings (SSSR count). The highest BCUT2D eigenvalue weighted by molar-refractivity contribution is 7.89. The Balaban J connectivity index is 1.72. The second-order valence-corrected chi connectivity index (χ2v) is 10.1. The molecule has 3 aromatic rings. The number of aryl methyl sites for hydroxylation is 2. The number of hydrogen-bond donors (Lipinski definition) is 1. The molecule has 148 valence electrons. The van der Waals surface area contributed by atoms with E-state index < -0.39 is 10.0 Å². The fourth-order valence-corrected chi connectivity index (χ4v) is 5.03. The van der Waals surface area contributed by atoms with Crippen LogP contribution in [0.1, 0.15) is 43.1 Å². The van der Waals surface area contributed by atoms with Crippen molar-refractivity contribution in [2.24, 2.45) is 12.5 Å². The summed E-state index contributed by atoms with van der Waals surface area (Å²) in [6.07, 6.45) is 6.31. The maximum Gasteiger partial charge on any atom is 0.260 e. The van der Waals surface area contributed by atoms with Crippen molar-refractivity contribution in [2.45, 2.75) is 44.7 Å². The second kappa shape index (κ2) is 6.56. The largest absolute Gasteiger partial charge is 0.339 e. The van der Waals surface area contributed by atoms with Crippen molar-refractivity contribution in [1.82, 2.24) is 24.1 Å². The SMILES string of the molecule is Cc1ccc(-n2ncc3c2CC(C)(C)CC3NS(=O)(=O)c2cn(C)cn2)cc1. The monoisotopic (exact) mass is 399 g/mol. The van der Waals surface area contributed by atoms with Crippen LogP contribution in [0.3, 0.4) is 0 Å². The molecule has 0 fully saturated rings. The van der Waals surface area contributed by atoms with Gasteiger partial charge in [-0.05, 0) is 37.3 Å². The minimum Gasteiger partial charge on any atom is -0.339 e. The van der Waals surface area contributed by atoms with E-state index in [1.54, 1.807) is 17.8 Å². The van der Waals surface area contributed by atoms with Crippen LogP contribution in [0.4, 0.5) is 0 Å². The molecule has 1 atom stereocenters. The smallest absolute Gasteiger partial charge is 0.260 e.